The summed E-state index contributed by atoms with van der Waals surface area (Å²) in [7, 11) is 0. The van der Waals surface area contributed by atoms with E-state index in [1.54, 1.807) is 0 Å². The largest absolute Gasteiger partial charge is 0.308 e. The fourth-order valence-corrected chi connectivity index (χ4v) is 8.81. The minimum atomic E-state index is 1.20. The Morgan fingerprint density at radius 1 is 0.415 bits per heavy atom. The summed E-state index contributed by atoms with van der Waals surface area (Å²) in [6.45, 7) is 0. The zero-order chi connectivity index (χ0) is 26.9. The van der Waals surface area contributed by atoms with Gasteiger partial charge >= 0.3 is 0 Å². The Kier molecular flexibility index (Phi) is 5.00. The van der Waals surface area contributed by atoms with Crippen LogP contribution in [0.2, 0.25) is 0 Å². The molecule has 0 saturated heterocycles. The van der Waals surface area contributed by atoms with Crippen LogP contribution in [0.1, 0.15) is 0 Å². The van der Waals surface area contributed by atoms with Crippen molar-refractivity contribution in [3.8, 4) is 27.9 Å². The molecule has 0 aliphatic heterocycles. The van der Waals surface area contributed by atoms with Crippen LogP contribution >= 0.6 is 22.7 Å². The van der Waals surface area contributed by atoms with E-state index in [9.17, 15) is 0 Å². The van der Waals surface area contributed by atoms with Crippen LogP contribution in [0, 0.1) is 0 Å². The smallest absolute Gasteiger partial charge is 0.0727 e. The van der Waals surface area contributed by atoms with Crippen molar-refractivity contribution in [3.63, 3.8) is 0 Å². The number of benzene rings is 6. The molecule has 192 valence electrons. The predicted molar refractivity (Wildman–Crippen MR) is 180 cm³/mol. The third kappa shape index (κ3) is 3.46. The van der Waals surface area contributed by atoms with E-state index < -0.39 is 0 Å². The van der Waals surface area contributed by atoms with E-state index >= 15 is 0 Å². The lowest BCUT2D eigenvalue weighted by molar-refractivity contribution is 1.19. The summed E-state index contributed by atoms with van der Waals surface area (Å²) in [5.41, 5.74) is 8.83. The molecule has 3 heterocycles. The summed E-state index contributed by atoms with van der Waals surface area (Å²) in [5.74, 6) is 0. The highest BCUT2D eigenvalue weighted by Crippen LogP contribution is 2.44. The molecule has 0 radical (unpaired) electrons. The second kappa shape index (κ2) is 8.90. The Labute approximate surface area is 245 Å². The average molecular weight is 558 g/mol. The van der Waals surface area contributed by atoms with Gasteiger partial charge in [-0.15, -0.1) is 22.7 Å². The van der Waals surface area contributed by atoms with Crippen LogP contribution in [0.4, 0.5) is 0 Å². The monoisotopic (exact) mass is 557 g/mol. The third-order valence-electron chi connectivity index (χ3n) is 8.22. The number of fused-ring (bicyclic) bond motifs is 8. The van der Waals surface area contributed by atoms with Gasteiger partial charge in [-0.2, -0.15) is 0 Å². The fraction of sp³-hybridized carbons (Fsp3) is 0. The molecule has 0 aliphatic carbocycles. The molecule has 9 rings (SSSR count). The van der Waals surface area contributed by atoms with Crippen molar-refractivity contribution in [2.24, 2.45) is 0 Å². The predicted octanol–water partition coefficient (Wildman–Crippen LogP) is 11.7. The van der Waals surface area contributed by atoms with Gasteiger partial charge in [0.15, 0.2) is 0 Å². The number of para-hydroxylation sites is 2. The first-order chi connectivity index (χ1) is 20.3. The van der Waals surface area contributed by atoms with Crippen molar-refractivity contribution in [1.29, 1.82) is 0 Å². The van der Waals surface area contributed by atoms with Crippen molar-refractivity contribution in [2.75, 3.05) is 0 Å². The molecule has 9 aromatic rings. The lowest BCUT2D eigenvalue weighted by Gasteiger charge is -2.09. The maximum absolute atomic E-state index is 2.42. The van der Waals surface area contributed by atoms with Crippen molar-refractivity contribution in [3.05, 3.63) is 140 Å². The molecule has 0 spiro atoms. The quantitative estimate of drug-likeness (QED) is 0.204. The van der Waals surface area contributed by atoms with Gasteiger partial charge in [0.1, 0.15) is 0 Å². The standard InChI is InChI=1S/C38H23NS2/c1-2-9-27(10-3-1)39-33-15-6-4-12-31(33)38-36(39)32-22-21-26(23-35(32)41-38)24-17-19-25(20-18-24)28-13-8-14-30-29-11-5-7-16-34(29)40-37(28)30/h1-23H. The van der Waals surface area contributed by atoms with Gasteiger partial charge in [0.25, 0.3) is 0 Å². The molecular weight excluding hydrogens is 535 g/mol. The number of rotatable bonds is 3. The number of hydrogen-bond acceptors (Lipinski definition) is 2. The summed E-state index contributed by atoms with van der Waals surface area (Å²) in [6, 6.07) is 50.9. The average Bonchev–Trinajstić information content (AvgIpc) is 3.70. The van der Waals surface area contributed by atoms with Crippen molar-refractivity contribution in [2.45, 2.75) is 0 Å². The molecule has 0 fully saturated rings. The number of thiophene rings is 2. The maximum Gasteiger partial charge on any atom is 0.0727 e. The molecule has 3 heteroatoms. The number of nitrogens with zero attached hydrogens (tertiary/aromatic N) is 1. The van der Waals surface area contributed by atoms with E-state index in [0.29, 0.717) is 0 Å². The van der Waals surface area contributed by atoms with Gasteiger partial charge in [-0.1, -0.05) is 109 Å². The summed E-state index contributed by atoms with van der Waals surface area (Å²) >= 11 is 3.79. The first-order valence-electron chi connectivity index (χ1n) is 13.9. The van der Waals surface area contributed by atoms with Crippen LogP contribution in [0.15, 0.2) is 140 Å². The molecule has 0 atom stereocenters. The maximum atomic E-state index is 2.42. The van der Waals surface area contributed by atoms with Gasteiger partial charge in [-0.05, 0) is 52.6 Å². The topological polar surface area (TPSA) is 4.93 Å². The third-order valence-corrected chi connectivity index (χ3v) is 10.6. The molecule has 0 amide bonds. The molecule has 0 aliphatic rings. The second-order valence-electron chi connectivity index (χ2n) is 10.5. The SMILES string of the molecule is c1ccc(-n2c3ccccc3c3sc4cc(-c5ccc(-c6cccc7c6sc6ccccc67)cc5)ccc4c32)cc1. The lowest BCUT2D eigenvalue weighted by atomic mass is 9.99. The lowest BCUT2D eigenvalue weighted by Crippen LogP contribution is -1.92. The molecule has 3 aromatic heterocycles. The summed E-state index contributed by atoms with van der Waals surface area (Å²) < 4.78 is 7.80. The van der Waals surface area contributed by atoms with Gasteiger partial charge in [0.2, 0.25) is 0 Å². The summed E-state index contributed by atoms with van der Waals surface area (Å²) in [6.07, 6.45) is 0. The molecule has 0 bridgehead atoms. The van der Waals surface area contributed by atoms with Gasteiger partial charge in [0, 0.05) is 41.3 Å². The van der Waals surface area contributed by atoms with Crippen LogP contribution in [0.5, 0.6) is 0 Å². The molecule has 0 saturated carbocycles. The highest BCUT2D eigenvalue weighted by atomic mass is 32.1. The van der Waals surface area contributed by atoms with Gasteiger partial charge in [-0.3, -0.25) is 0 Å². The van der Waals surface area contributed by atoms with Crippen LogP contribution < -0.4 is 0 Å². The molecule has 0 N–H and O–H groups in total. The fourth-order valence-electron chi connectivity index (χ4n) is 6.31. The Morgan fingerprint density at radius 2 is 1.10 bits per heavy atom. The normalized spacial score (nSPS) is 11.9. The highest BCUT2D eigenvalue weighted by Gasteiger charge is 2.18. The molecule has 41 heavy (non-hydrogen) atoms. The zero-order valence-corrected chi connectivity index (χ0v) is 23.7. The van der Waals surface area contributed by atoms with E-state index in [4.69, 9.17) is 0 Å². The van der Waals surface area contributed by atoms with Crippen molar-refractivity contribution in [1.82, 2.24) is 4.57 Å². The van der Waals surface area contributed by atoms with Crippen molar-refractivity contribution < 1.29 is 0 Å². The Balaban J connectivity index is 1.16. The van der Waals surface area contributed by atoms with Gasteiger partial charge in [-0.25, -0.2) is 0 Å². The van der Waals surface area contributed by atoms with Crippen LogP contribution in [-0.2, 0) is 0 Å². The summed E-state index contributed by atoms with van der Waals surface area (Å²) in [5, 5.41) is 5.31. The minimum absolute atomic E-state index is 1.20. The zero-order valence-electron chi connectivity index (χ0n) is 22.0. The van der Waals surface area contributed by atoms with Gasteiger partial charge in [0.05, 0.1) is 15.7 Å². The Hall–Kier alpha value is -4.70. The van der Waals surface area contributed by atoms with E-state index in [1.807, 2.05) is 22.7 Å². The first kappa shape index (κ1) is 23.0. The van der Waals surface area contributed by atoms with Crippen molar-refractivity contribution >= 4 is 74.1 Å². The van der Waals surface area contributed by atoms with E-state index in [1.165, 1.54) is 79.3 Å². The number of aromatic nitrogens is 1. The molecule has 0 unspecified atom stereocenters. The van der Waals surface area contributed by atoms with Crippen LogP contribution in [-0.4, -0.2) is 4.57 Å². The highest BCUT2D eigenvalue weighted by molar-refractivity contribution is 7.27. The molecule has 6 aromatic carbocycles. The summed E-state index contributed by atoms with van der Waals surface area (Å²) in [4.78, 5) is 0. The number of hydrogen-bond donors (Lipinski definition) is 0. The molecular formula is C38H23NS2. The Bertz CT molecular complexity index is 2400. The minimum Gasteiger partial charge on any atom is -0.308 e. The van der Waals surface area contributed by atoms with Crippen LogP contribution in [0.3, 0.4) is 0 Å². The van der Waals surface area contributed by atoms with E-state index in [0.717, 1.165) is 0 Å². The first-order valence-corrected chi connectivity index (χ1v) is 15.5. The Morgan fingerprint density at radius 3 is 1.98 bits per heavy atom. The van der Waals surface area contributed by atoms with Crippen LogP contribution in [0.25, 0.3) is 79.3 Å². The van der Waals surface area contributed by atoms with Gasteiger partial charge < -0.3 is 4.57 Å². The second-order valence-corrected chi connectivity index (χ2v) is 12.6. The molecule has 1 nitrogen and oxygen atoms in total. The van der Waals surface area contributed by atoms with E-state index in [-0.39, 0.29) is 0 Å². The van der Waals surface area contributed by atoms with E-state index in [2.05, 4.69) is 144 Å².